The highest BCUT2D eigenvalue weighted by Gasteiger charge is 2.33. The fourth-order valence-corrected chi connectivity index (χ4v) is 0.962. The summed E-state index contributed by atoms with van der Waals surface area (Å²) < 4.78 is 5.19. The molecule has 0 unspecified atom stereocenters. The van der Waals surface area contributed by atoms with Crippen LogP contribution in [-0.2, 0) is 9.53 Å². The normalized spacial score (nSPS) is 27.8. The highest BCUT2D eigenvalue weighted by molar-refractivity contribution is 5.83. The van der Waals surface area contributed by atoms with Gasteiger partial charge in [0.05, 0.1) is 0 Å². The monoisotopic (exact) mass is 172 g/mol. The molecule has 0 aromatic heterocycles. The first kappa shape index (κ1) is 8.83. The first-order valence-corrected chi connectivity index (χ1v) is 3.67. The van der Waals surface area contributed by atoms with Crippen LogP contribution in [0, 0.1) is 0 Å². The van der Waals surface area contributed by atoms with E-state index in [0.717, 1.165) is 0 Å². The highest BCUT2D eigenvalue weighted by atomic mass is 16.5. The Kier molecular flexibility index (Phi) is 2.21. The molecule has 0 radical (unpaired) electrons. The van der Waals surface area contributed by atoms with E-state index in [1.54, 1.807) is 25.9 Å². The molecule has 0 saturated carbocycles. The predicted octanol–water partition coefficient (Wildman–Crippen LogP) is -0.224. The largest absolute Gasteiger partial charge is 0.480 e. The molecule has 0 amide bonds. The average Bonchev–Trinajstić information content (AvgIpc) is 2.30. The predicted molar refractivity (Wildman–Crippen MR) is 43.1 cm³/mol. The molecule has 5 heteroatoms. The third kappa shape index (κ3) is 1.49. The maximum Gasteiger partial charge on any atom is 0.332 e. The van der Waals surface area contributed by atoms with Crippen molar-refractivity contribution in [3.63, 3.8) is 0 Å². The average molecular weight is 172 g/mol. The van der Waals surface area contributed by atoms with Gasteiger partial charge in [0.1, 0.15) is 6.10 Å². The van der Waals surface area contributed by atoms with Crippen molar-refractivity contribution < 1.29 is 14.6 Å². The van der Waals surface area contributed by atoms with Crippen LogP contribution < -0.4 is 0 Å². The van der Waals surface area contributed by atoms with Gasteiger partial charge in [0.15, 0.2) is 6.04 Å². The van der Waals surface area contributed by atoms with E-state index in [0.29, 0.717) is 6.02 Å². The zero-order valence-corrected chi connectivity index (χ0v) is 7.31. The molecule has 0 bridgehead atoms. The topological polar surface area (TPSA) is 62.1 Å². The van der Waals surface area contributed by atoms with Gasteiger partial charge in [-0.3, -0.25) is 0 Å². The number of carbonyl (C=O) groups is 1. The van der Waals surface area contributed by atoms with Crippen molar-refractivity contribution in [1.82, 2.24) is 4.90 Å². The molecule has 0 aromatic carbocycles. The van der Waals surface area contributed by atoms with Gasteiger partial charge in [-0.2, -0.15) is 0 Å². The Balaban J connectivity index is 2.73. The Morgan fingerprint density at radius 3 is 2.50 bits per heavy atom. The summed E-state index contributed by atoms with van der Waals surface area (Å²) in [5.74, 6) is -0.945. The van der Waals surface area contributed by atoms with Gasteiger partial charge in [0, 0.05) is 14.1 Å². The Labute approximate surface area is 70.6 Å². The Hall–Kier alpha value is -1.26. The van der Waals surface area contributed by atoms with E-state index in [-0.39, 0.29) is 6.10 Å². The molecular weight excluding hydrogens is 160 g/mol. The van der Waals surface area contributed by atoms with Gasteiger partial charge in [-0.05, 0) is 6.92 Å². The second kappa shape index (κ2) is 3.00. The van der Waals surface area contributed by atoms with E-state index < -0.39 is 12.0 Å². The molecule has 0 saturated heterocycles. The van der Waals surface area contributed by atoms with Crippen LogP contribution in [0.4, 0.5) is 0 Å². The van der Waals surface area contributed by atoms with Gasteiger partial charge in [0.2, 0.25) is 0 Å². The molecular formula is C7H12N2O3. The Morgan fingerprint density at radius 2 is 2.25 bits per heavy atom. The van der Waals surface area contributed by atoms with Crippen LogP contribution in [0.15, 0.2) is 4.99 Å². The number of nitrogens with zero attached hydrogens (tertiary/aromatic N) is 2. The second-order valence-corrected chi connectivity index (χ2v) is 2.91. The highest BCUT2D eigenvalue weighted by Crippen LogP contribution is 2.13. The van der Waals surface area contributed by atoms with Crippen molar-refractivity contribution in [2.45, 2.75) is 19.1 Å². The van der Waals surface area contributed by atoms with Crippen LogP contribution in [0.25, 0.3) is 0 Å². The smallest absolute Gasteiger partial charge is 0.332 e. The van der Waals surface area contributed by atoms with E-state index in [4.69, 9.17) is 9.84 Å². The minimum absolute atomic E-state index is 0.375. The number of ether oxygens (including phenoxy) is 1. The lowest BCUT2D eigenvalue weighted by atomic mass is 10.2. The van der Waals surface area contributed by atoms with Crippen LogP contribution in [0.3, 0.4) is 0 Å². The zero-order valence-electron chi connectivity index (χ0n) is 7.31. The van der Waals surface area contributed by atoms with Crippen LogP contribution in [0.1, 0.15) is 6.92 Å². The van der Waals surface area contributed by atoms with Crippen LogP contribution in [0.5, 0.6) is 0 Å². The Bertz CT molecular complexity index is 225. The van der Waals surface area contributed by atoms with Crippen molar-refractivity contribution in [2.24, 2.45) is 4.99 Å². The van der Waals surface area contributed by atoms with Crippen molar-refractivity contribution >= 4 is 12.0 Å². The van der Waals surface area contributed by atoms with Crippen molar-refractivity contribution in [2.75, 3.05) is 14.1 Å². The van der Waals surface area contributed by atoms with Crippen molar-refractivity contribution in [3.05, 3.63) is 0 Å². The molecule has 0 fully saturated rings. The maximum atomic E-state index is 10.6. The van der Waals surface area contributed by atoms with Crippen LogP contribution >= 0.6 is 0 Å². The molecule has 1 aliphatic rings. The molecule has 12 heavy (non-hydrogen) atoms. The molecule has 1 rings (SSSR count). The second-order valence-electron chi connectivity index (χ2n) is 2.91. The molecule has 0 spiro atoms. The number of hydrogen-bond donors (Lipinski definition) is 1. The SMILES string of the molecule is C[C@H]1OC(N(C)C)=N[C@@H]1C(=O)O. The number of aliphatic imine (C=N–C) groups is 1. The summed E-state index contributed by atoms with van der Waals surface area (Å²) in [6.07, 6.45) is -0.375. The summed E-state index contributed by atoms with van der Waals surface area (Å²) in [6.45, 7) is 1.69. The third-order valence-corrected chi connectivity index (χ3v) is 1.62. The molecule has 1 N–H and O–H groups in total. The summed E-state index contributed by atoms with van der Waals surface area (Å²) in [4.78, 5) is 16.1. The number of amidine groups is 1. The third-order valence-electron chi connectivity index (χ3n) is 1.62. The number of carboxylic acids is 1. The minimum Gasteiger partial charge on any atom is -0.480 e. The number of hydrogen-bond acceptors (Lipinski definition) is 4. The van der Waals surface area contributed by atoms with Gasteiger partial charge in [0.25, 0.3) is 6.02 Å². The Morgan fingerprint density at radius 1 is 1.67 bits per heavy atom. The quantitative estimate of drug-likeness (QED) is 0.593. The first-order valence-electron chi connectivity index (χ1n) is 3.67. The molecule has 5 nitrogen and oxygen atoms in total. The minimum atomic E-state index is -0.945. The van der Waals surface area contributed by atoms with E-state index in [9.17, 15) is 4.79 Å². The molecule has 0 aliphatic carbocycles. The molecule has 0 aromatic rings. The number of rotatable bonds is 1. The molecule has 2 atom stereocenters. The zero-order chi connectivity index (χ0) is 9.30. The number of aliphatic carboxylic acids is 1. The van der Waals surface area contributed by atoms with Crippen molar-refractivity contribution in [3.8, 4) is 0 Å². The van der Waals surface area contributed by atoms with Crippen LogP contribution in [-0.4, -0.2) is 48.2 Å². The van der Waals surface area contributed by atoms with Gasteiger partial charge < -0.3 is 14.7 Å². The summed E-state index contributed by atoms with van der Waals surface area (Å²) in [6, 6.07) is -0.377. The standard InChI is InChI=1S/C7H12N2O3/c1-4-5(6(10)11)8-7(12-4)9(2)3/h4-5H,1-3H3,(H,10,11)/t4-,5+/m1/s1. The van der Waals surface area contributed by atoms with E-state index in [1.807, 2.05) is 0 Å². The van der Waals surface area contributed by atoms with E-state index >= 15 is 0 Å². The molecule has 1 aliphatic heterocycles. The van der Waals surface area contributed by atoms with Gasteiger partial charge in [-0.25, -0.2) is 9.79 Å². The van der Waals surface area contributed by atoms with Gasteiger partial charge in [-0.1, -0.05) is 0 Å². The summed E-state index contributed by atoms with van der Waals surface area (Å²) >= 11 is 0. The fourth-order valence-electron chi connectivity index (χ4n) is 0.962. The summed E-state index contributed by atoms with van der Waals surface area (Å²) in [7, 11) is 3.52. The summed E-state index contributed by atoms with van der Waals surface area (Å²) in [5.41, 5.74) is 0. The summed E-state index contributed by atoms with van der Waals surface area (Å²) in [5, 5.41) is 8.68. The van der Waals surface area contributed by atoms with Gasteiger partial charge in [-0.15, -0.1) is 0 Å². The van der Waals surface area contributed by atoms with E-state index in [1.165, 1.54) is 0 Å². The first-order chi connectivity index (χ1) is 5.52. The maximum absolute atomic E-state index is 10.6. The lowest BCUT2D eigenvalue weighted by molar-refractivity contribution is -0.139. The molecule has 1 heterocycles. The lowest BCUT2D eigenvalue weighted by Gasteiger charge is -2.12. The van der Waals surface area contributed by atoms with Gasteiger partial charge >= 0.3 is 5.97 Å². The lowest BCUT2D eigenvalue weighted by Crippen LogP contribution is -2.28. The van der Waals surface area contributed by atoms with Crippen molar-refractivity contribution in [1.29, 1.82) is 0 Å². The number of carboxylic acid groups (broad SMARTS) is 1. The fraction of sp³-hybridized carbons (Fsp3) is 0.714. The van der Waals surface area contributed by atoms with Crippen LogP contribution in [0.2, 0.25) is 0 Å². The molecule has 68 valence electrons. The van der Waals surface area contributed by atoms with E-state index in [2.05, 4.69) is 4.99 Å².